The van der Waals surface area contributed by atoms with Crippen molar-refractivity contribution in [3.05, 3.63) is 62.8 Å². The number of hydrogen-bond donors (Lipinski definition) is 1. The highest BCUT2D eigenvalue weighted by atomic mass is 16.2. The van der Waals surface area contributed by atoms with Crippen LogP contribution in [0.4, 0.5) is 0 Å². The van der Waals surface area contributed by atoms with E-state index in [9.17, 15) is 14.4 Å². The van der Waals surface area contributed by atoms with Gasteiger partial charge in [0.1, 0.15) is 5.82 Å². The largest absolute Gasteiger partial charge is 0.342 e. The summed E-state index contributed by atoms with van der Waals surface area (Å²) in [6.45, 7) is 6.05. The van der Waals surface area contributed by atoms with Crippen molar-refractivity contribution < 1.29 is 9.59 Å². The van der Waals surface area contributed by atoms with Crippen LogP contribution in [0.2, 0.25) is 0 Å². The number of aromatic nitrogens is 2. The summed E-state index contributed by atoms with van der Waals surface area (Å²) >= 11 is 0. The minimum atomic E-state index is -0.171. The second kappa shape index (κ2) is 8.42. The molecule has 0 aliphatic carbocycles. The number of rotatable bonds is 3. The number of H-pyrrole nitrogens is 1. The molecule has 2 aromatic rings. The third kappa shape index (κ3) is 4.01. The number of carbonyl (C=O) groups is 2. The molecule has 1 aromatic heterocycles. The van der Waals surface area contributed by atoms with Gasteiger partial charge in [-0.3, -0.25) is 14.4 Å². The fourth-order valence-corrected chi connectivity index (χ4v) is 4.34. The Morgan fingerprint density at radius 1 is 1.17 bits per heavy atom. The number of carbonyl (C=O) groups excluding carboxylic acids is 2. The molecule has 7 nitrogen and oxygen atoms in total. The molecule has 4 rings (SSSR count). The van der Waals surface area contributed by atoms with Gasteiger partial charge in [-0.1, -0.05) is 24.6 Å². The second-order valence-electron chi connectivity index (χ2n) is 8.25. The van der Waals surface area contributed by atoms with Gasteiger partial charge >= 0.3 is 0 Å². The lowest BCUT2D eigenvalue weighted by atomic mass is 9.96. The van der Waals surface area contributed by atoms with Crippen molar-refractivity contribution >= 4 is 11.8 Å². The van der Waals surface area contributed by atoms with Crippen molar-refractivity contribution in [2.75, 3.05) is 19.6 Å². The maximum absolute atomic E-state index is 12.8. The Kier molecular flexibility index (Phi) is 5.70. The molecule has 0 saturated carbocycles. The standard InChI is InChI=1S/C23H28N4O3/c1-3-20(28)26-11-4-5-17(13-26)21-24-19-10-12-27(14-18(19)22(29)25-21)23(30)16-8-6-15(2)7-9-16/h6-9,17H,3-5,10-14H2,1-2H3,(H,24,25,29)/t17-/m1/s1. The highest BCUT2D eigenvalue weighted by Gasteiger charge is 2.29. The van der Waals surface area contributed by atoms with E-state index < -0.39 is 0 Å². The lowest BCUT2D eigenvalue weighted by Gasteiger charge is -2.33. The fourth-order valence-electron chi connectivity index (χ4n) is 4.34. The first-order chi connectivity index (χ1) is 14.5. The van der Waals surface area contributed by atoms with Crippen molar-refractivity contribution in [3.8, 4) is 0 Å². The highest BCUT2D eigenvalue weighted by Crippen LogP contribution is 2.26. The molecule has 0 spiro atoms. The van der Waals surface area contributed by atoms with E-state index in [1.807, 2.05) is 43.0 Å². The van der Waals surface area contributed by atoms with Gasteiger partial charge < -0.3 is 14.8 Å². The van der Waals surface area contributed by atoms with Crippen LogP contribution in [0, 0.1) is 6.92 Å². The van der Waals surface area contributed by atoms with Crippen molar-refractivity contribution in [1.82, 2.24) is 19.8 Å². The van der Waals surface area contributed by atoms with Crippen LogP contribution >= 0.6 is 0 Å². The zero-order chi connectivity index (χ0) is 21.3. The Bertz CT molecular complexity index is 1010. The molecule has 7 heteroatoms. The van der Waals surface area contributed by atoms with Crippen LogP contribution in [0.3, 0.4) is 0 Å². The number of piperidine rings is 1. The Balaban J connectivity index is 1.53. The van der Waals surface area contributed by atoms with E-state index in [0.717, 1.165) is 30.6 Å². The van der Waals surface area contributed by atoms with Gasteiger partial charge in [-0.05, 0) is 31.9 Å². The van der Waals surface area contributed by atoms with E-state index >= 15 is 0 Å². The van der Waals surface area contributed by atoms with E-state index in [2.05, 4.69) is 4.98 Å². The van der Waals surface area contributed by atoms with Crippen LogP contribution in [-0.2, 0) is 17.8 Å². The lowest BCUT2D eigenvalue weighted by Crippen LogP contribution is -2.42. The number of aryl methyl sites for hydroxylation is 1. The Labute approximate surface area is 176 Å². The number of nitrogens with one attached hydrogen (secondary N) is 1. The summed E-state index contributed by atoms with van der Waals surface area (Å²) in [5, 5.41) is 0. The summed E-state index contributed by atoms with van der Waals surface area (Å²) in [6, 6.07) is 7.49. The molecular weight excluding hydrogens is 380 g/mol. The summed E-state index contributed by atoms with van der Waals surface area (Å²) in [5.74, 6) is 0.806. The summed E-state index contributed by atoms with van der Waals surface area (Å²) in [7, 11) is 0. The van der Waals surface area contributed by atoms with Gasteiger partial charge in [0.25, 0.3) is 11.5 Å². The number of aromatic amines is 1. The highest BCUT2D eigenvalue weighted by molar-refractivity contribution is 5.94. The SMILES string of the molecule is CCC(=O)N1CCC[C@@H](c2nc3c(c(=O)[nH]2)CN(C(=O)c2ccc(C)cc2)CC3)C1. The lowest BCUT2D eigenvalue weighted by molar-refractivity contribution is -0.132. The summed E-state index contributed by atoms with van der Waals surface area (Å²) in [4.78, 5) is 49.0. The molecule has 0 radical (unpaired) electrons. The van der Waals surface area contributed by atoms with Crippen LogP contribution in [0.25, 0.3) is 0 Å². The number of hydrogen-bond acceptors (Lipinski definition) is 4. The minimum absolute atomic E-state index is 0.0551. The monoisotopic (exact) mass is 408 g/mol. The van der Waals surface area contributed by atoms with Gasteiger partial charge in [0, 0.05) is 44.0 Å². The fraction of sp³-hybridized carbons (Fsp3) is 0.478. The minimum Gasteiger partial charge on any atom is -0.342 e. The Morgan fingerprint density at radius 3 is 2.67 bits per heavy atom. The first-order valence-corrected chi connectivity index (χ1v) is 10.7. The number of fused-ring (bicyclic) bond motifs is 1. The van der Waals surface area contributed by atoms with Crippen LogP contribution in [-0.4, -0.2) is 51.2 Å². The van der Waals surface area contributed by atoms with E-state index in [1.54, 1.807) is 4.90 Å². The predicted octanol–water partition coefficient (Wildman–Crippen LogP) is 2.39. The summed E-state index contributed by atoms with van der Waals surface area (Å²) < 4.78 is 0. The Morgan fingerprint density at radius 2 is 1.93 bits per heavy atom. The zero-order valence-electron chi connectivity index (χ0n) is 17.6. The molecule has 1 aromatic carbocycles. The second-order valence-corrected chi connectivity index (χ2v) is 8.25. The first kappa shape index (κ1) is 20.3. The van der Waals surface area contributed by atoms with Gasteiger partial charge in [-0.2, -0.15) is 0 Å². The quantitative estimate of drug-likeness (QED) is 0.845. The molecule has 1 N–H and O–H groups in total. The maximum Gasteiger partial charge on any atom is 0.256 e. The number of benzene rings is 1. The van der Waals surface area contributed by atoms with Crippen molar-refractivity contribution in [3.63, 3.8) is 0 Å². The normalized spacial score (nSPS) is 18.8. The zero-order valence-corrected chi connectivity index (χ0v) is 17.6. The predicted molar refractivity (Wildman–Crippen MR) is 113 cm³/mol. The molecule has 2 aliphatic heterocycles. The van der Waals surface area contributed by atoms with E-state index in [4.69, 9.17) is 4.98 Å². The van der Waals surface area contributed by atoms with Crippen LogP contribution in [0.1, 0.15) is 65.1 Å². The van der Waals surface area contributed by atoms with E-state index in [0.29, 0.717) is 42.9 Å². The number of likely N-dealkylation sites (tertiary alicyclic amines) is 1. The molecule has 1 fully saturated rings. The number of nitrogens with zero attached hydrogens (tertiary/aromatic N) is 3. The van der Waals surface area contributed by atoms with Gasteiger partial charge in [0.15, 0.2) is 0 Å². The molecule has 1 atom stereocenters. The molecule has 0 bridgehead atoms. The maximum atomic E-state index is 12.8. The average Bonchev–Trinajstić information content (AvgIpc) is 2.78. The molecule has 3 heterocycles. The Hall–Kier alpha value is -2.96. The van der Waals surface area contributed by atoms with Crippen LogP contribution in [0.15, 0.2) is 29.1 Å². The third-order valence-corrected chi connectivity index (χ3v) is 6.14. The van der Waals surface area contributed by atoms with Gasteiger partial charge in [0.2, 0.25) is 5.91 Å². The molecule has 0 unspecified atom stereocenters. The van der Waals surface area contributed by atoms with Gasteiger partial charge in [-0.15, -0.1) is 0 Å². The average molecular weight is 409 g/mol. The van der Waals surface area contributed by atoms with Crippen LogP contribution < -0.4 is 5.56 Å². The van der Waals surface area contributed by atoms with Crippen LogP contribution in [0.5, 0.6) is 0 Å². The van der Waals surface area contributed by atoms with Gasteiger partial charge in [0.05, 0.1) is 17.8 Å². The van der Waals surface area contributed by atoms with E-state index in [-0.39, 0.29) is 29.8 Å². The molecule has 1 saturated heterocycles. The molecule has 2 aliphatic rings. The van der Waals surface area contributed by atoms with Gasteiger partial charge in [-0.25, -0.2) is 4.98 Å². The van der Waals surface area contributed by atoms with Crippen molar-refractivity contribution in [1.29, 1.82) is 0 Å². The van der Waals surface area contributed by atoms with Crippen molar-refractivity contribution in [2.45, 2.75) is 52.0 Å². The first-order valence-electron chi connectivity index (χ1n) is 10.7. The summed E-state index contributed by atoms with van der Waals surface area (Å²) in [5.41, 5.74) is 2.91. The molecule has 2 amide bonds. The third-order valence-electron chi connectivity index (χ3n) is 6.14. The molecular formula is C23H28N4O3. The molecule has 30 heavy (non-hydrogen) atoms. The number of amides is 2. The van der Waals surface area contributed by atoms with E-state index in [1.165, 1.54) is 0 Å². The van der Waals surface area contributed by atoms with Crippen molar-refractivity contribution in [2.24, 2.45) is 0 Å². The summed E-state index contributed by atoms with van der Waals surface area (Å²) in [6.07, 6.45) is 2.88. The molecule has 158 valence electrons. The smallest absolute Gasteiger partial charge is 0.256 e. The topological polar surface area (TPSA) is 86.4 Å².